The number of aliphatic hydroxyl groups is 1. The van der Waals surface area contributed by atoms with Gasteiger partial charge < -0.3 is 14.0 Å². The molecule has 1 N–H and O–H groups in total. The third-order valence-corrected chi connectivity index (χ3v) is 17.6. The maximum atomic E-state index is 11.0. The molecule has 1 aliphatic rings. The lowest BCUT2D eigenvalue weighted by Gasteiger charge is -2.48. The Hall–Kier alpha value is -1.51. The van der Waals surface area contributed by atoms with E-state index < -0.39 is 22.7 Å². The highest BCUT2D eigenvalue weighted by Gasteiger charge is 2.53. The lowest BCUT2D eigenvalue weighted by Crippen LogP contribution is -2.68. The summed E-state index contributed by atoms with van der Waals surface area (Å²) in [6, 6.07) is 24.7. The predicted molar refractivity (Wildman–Crippen MR) is 149 cm³/mol. The second-order valence-electron chi connectivity index (χ2n) is 10.8. The average Bonchev–Trinajstić information content (AvgIpc) is 2.84. The molecular weight excluding hydrogens is 452 g/mol. The SMILES string of the molecule is C=C1C(O)C[C@@H](O[Si](CC)(CC)CC)C[C@H]1O[Si](c1ccccc1)(c1ccccc1)C(C)(C)C. The number of benzene rings is 2. The van der Waals surface area contributed by atoms with Crippen LogP contribution in [-0.2, 0) is 8.85 Å². The predicted octanol–water partition coefficient (Wildman–Crippen LogP) is 6.03. The molecule has 5 heteroatoms. The summed E-state index contributed by atoms with van der Waals surface area (Å²) in [5.74, 6) is 0. The molecule has 1 saturated carbocycles. The van der Waals surface area contributed by atoms with Crippen LogP contribution in [0.3, 0.4) is 0 Å². The van der Waals surface area contributed by atoms with Crippen LogP contribution >= 0.6 is 0 Å². The molecule has 0 saturated heterocycles. The van der Waals surface area contributed by atoms with Crippen molar-refractivity contribution >= 4 is 27.0 Å². The van der Waals surface area contributed by atoms with Crippen LogP contribution < -0.4 is 10.4 Å². The van der Waals surface area contributed by atoms with E-state index in [0.717, 1.165) is 30.1 Å². The molecule has 0 spiro atoms. The fourth-order valence-electron chi connectivity index (χ4n) is 5.58. The first-order chi connectivity index (χ1) is 16.1. The highest BCUT2D eigenvalue weighted by molar-refractivity contribution is 6.99. The summed E-state index contributed by atoms with van der Waals surface area (Å²) in [4.78, 5) is 0. The fourth-order valence-corrected chi connectivity index (χ4v) is 13.2. The van der Waals surface area contributed by atoms with Crippen LogP contribution in [0.5, 0.6) is 0 Å². The van der Waals surface area contributed by atoms with Gasteiger partial charge in [-0.25, -0.2) is 0 Å². The topological polar surface area (TPSA) is 38.7 Å². The summed E-state index contributed by atoms with van der Waals surface area (Å²) >= 11 is 0. The van der Waals surface area contributed by atoms with Crippen molar-refractivity contribution in [2.24, 2.45) is 0 Å². The molecule has 0 aromatic heterocycles. The minimum atomic E-state index is -2.74. The van der Waals surface area contributed by atoms with Crippen LogP contribution in [0.15, 0.2) is 72.8 Å². The molecule has 3 nitrogen and oxygen atoms in total. The van der Waals surface area contributed by atoms with Crippen molar-refractivity contribution in [2.75, 3.05) is 0 Å². The van der Waals surface area contributed by atoms with Gasteiger partial charge in [0.05, 0.1) is 18.3 Å². The zero-order valence-corrected chi connectivity index (χ0v) is 24.0. The van der Waals surface area contributed by atoms with E-state index in [4.69, 9.17) is 8.85 Å². The maximum Gasteiger partial charge on any atom is 0.261 e. The van der Waals surface area contributed by atoms with E-state index in [1.54, 1.807) is 0 Å². The van der Waals surface area contributed by atoms with Crippen molar-refractivity contribution in [3.05, 3.63) is 72.8 Å². The monoisotopic (exact) mass is 496 g/mol. The summed E-state index contributed by atoms with van der Waals surface area (Å²) in [5, 5.41) is 13.4. The van der Waals surface area contributed by atoms with E-state index in [2.05, 4.69) is 109 Å². The molecule has 2 aromatic carbocycles. The van der Waals surface area contributed by atoms with Gasteiger partial charge in [-0.2, -0.15) is 0 Å². The largest absolute Gasteiger partial charge is 0.414 e. The molecule has 0 radical (unpaired) electrons. The molecule has 0 aliphatic heterocycles. The van der Waals surface area contributed by atoms with Crippen molar-refractivity contribution in [3.63, 3.8) is 0 Å². The number of aliphatic hydroxyl groups excluding tert-OH is 1. The van der Waals surface area contributed by atoms with Crippen LogP contribution in [0.2, 0.25) is 23.2 Å². The summed E-state index contributed by atoms with van der Waals surface area (Å²) < 4.78 is 14.2. The van der Waals surface area contributed by atoms with Crippen molar-refractivity contribution in [2.45, 2.75) is 95.9 Å². The van der Waals surface area contributed by atoms with Crippen LogP contribution in [0.4, 0.5) is 0 Å². The van der Waals surface area contributed by atoms with Crippen LogP contribution in [0.25, 0.3) is 0 Å². The molecule has 186 valence electrons. The molecule has 34 heavy (non-hydrogen) atoms. The van der Waals surface area contributed by atoms with Gasteiger partial charge in [-0.3, -0.25) is 0 Å². The van der Waals surface area contributed by atoms with Crippen molar-refractivity contribution < 1.29 is 14.0 Å². The Kier molecular flexibility index (Phi) is 8.80. The van der Waals surface area contributed by atoms with Crippen LogP contribution in [-0.4, -0.2) is 40.1 Å². The summed E-state index contributed by atoms with van der Waals surface area (Å²) in [7, 11) is -4.53. The van der Waals surface area contributed by atoms with Gasteiger partial charge in [-0.15, -0.1) is 0 Å². The molecule has 0 heterocycles. The summed E-state index contributed by atoms with van der Waals surface area (Å²) in [6.07, 6.45) is 0.551. The second-order valence-corrected chi connectivity index (χ2v) is 19.8. The smallest absolute Gasteiger partial charge is 0.261 e. The standard InChI is InChI=1S/C29H44O3Si2/c1-8-33(9-2,10-3)31-24-21-27(30)23(4)28(22-24)32-34(29(5,6)7,25-17-13-11-14-18-25)26-19-15-12-16-20-26/h11-20,24,27-28,30H,4,8-10,21-22H2,1-3,5-7H3/t24-,27?,28-/m1/s1. The number of hydrogen-bond acceptors (Lipinski definition) is 3. The Labute approximate surface area is 209 Å². The fraction of sp³-hybridized carbons (Fsp3) is 0.517. The van der Waals surface area contributed by atoms with E-state index in [-0.39, 0.29) is 17.2 Å². The highest BCUT2D eigenvalue weighted by atomic mass is 28.4. The van der Waals surface area contributed by atoms with Crippen molar-refractivity contribution in [3.8, 4) is 0 Å². The molecule has 1 fully saturated rings. The molecule has 0 amide bonds. The van der Waals surface area contributed by atoms with E-state index >= 15 is 0 Å². The average molecular weight is 497 g/mol. The van der Waals surface area contributed by atoms with Gasteiger partial charge in [-0.1, -0.05) is 109 Å². The zero-order chi connectivity index (χ0) is 25.0. The van der Waals surface area contributed by atoms with Gasteiger partial charge in [0.15, 0.2) is 8.32 Å². The zero-order valence-electron chi connectivity index (χ0n) is 22.0. The number of rotatable bonds is 9. The quantitative estimate of drug-likeness (QED) is 0.340. The van der Waals surface area contributed by atoms with Gasteiger partial charge in [0.1, 0.15) is 0 Å². The molecule has 2 aromatic rings. The van der Waals surface area contributed by atoms with E-state index in [9.17, 15) is 5.11 Å². The Morgan fingerprint density at radius 1 is 0.824 bits per heavy atom. The Morgan fingerprint density at radius 2 is 1.29 bits per heavy atom. The Balaban J connectivity index is 2.05. The normalized spacial score (nSPS) is 22.1. The van der Waals surface area contributed by atoms with Gasteiger partial charge in [0.25, 0.3) is 8.32 Å². The van der Waals surface area contributed by atoms with Crippen LogP contribution in [0.1, 0.15) is 54.4 Å². The first kappa shape index (κ1) is 27.1. The number of hydrogen-bond donors (Lipinski definition) is 1. The first-order valence-corrected chi connectivity index (χ1v) is 17.4. The third kappa shape index (κ3) is 5.34. The second kappa shape index (κ2) is 11.0. The first-order valence-electron chi connectivity index (χ1n) is 13.0. The molecular formula is C29H44O3Si2. The van der Waals surface area contributed by atoms with E-state index in [0.29, 0.717) is 6.42 Å². The van der Waals surface area contributed by atoms with Gasteiger partial charge in [0.2, 0.25) is 0 Å². The molecule has 0 bridgehead atoms. The van der Waals surface area contributed by atoms with Crippen molar-refractivity contribution in [1.29, 1.82) is 0 Å². The third-order valence-electron chi connectivity index (χ3n) is 7.89. The summed E-state index contributed by atoms with van der Waals surface area (Å²) in [6.45, 7) is 18.0. The van der Waals surface area contributed by atoms with Crippen molar-refractivity contribution in [1.82, 2.24) is 0 Å². The molecule has 3 rings (SSSR count). The lowest BCUT2D eigenvalue weighted by molar-refractivity contribution is 0.0293. The molecule has 1 unspecified atom stereocenters. The van der Waals surface area contributed by atoms with E-state index in [1.165, 1.54) is 10.4 Å². The molecule has 1 aliphatic carbocycles. The van der Waals surface area contributed by atoms with Crippen LogP contribution in [0, 0.1) is 0 Å². The highest BCUT2D eigenvalue weighted by Crippen LogP contribution is 2.41. The lowest BCUT2D eigenvalue weighted by atomic mass is 9.89. The Morgan fingerprint density at radius 3 is 1.71 bits per heavy atom. The summed E-state index contributed by atoms with van der Waals surface area (Å²) in [5.41, 5.74) is 0.796. The minimum absolute atomic E-state index is 0.00947. The Bertz CT molecular complexity index is 872. The maximum absolute atomic E-state index is 11.0. The molecule has 3 atom stereocenters. The van der Waals surface area contributed by atoms with Gasteiger partial charge in [0, 0.05) is 12.8 Å². The minimum Gasteiger partial charge on any atom is -0.414 e. The van der Waals surface area contributed by atoms with Gasteiger partial charge in [-0.05, 0) is 39.1 Å². The van der Waals surface area contributed by atoms with Gasteiger partial charge >= 0.3 is 0 Å². The van der Waals surface area contributed by atoms with E-state index in [1.807, 2.05) is 0 Å².